The molecule has 1 unspecified atom stereocenters. The summed E-state index contributed by atoms with van der Waals surface area (Å²) < 4.78 is 22.1. The van der Waals surface area contributed by atoms with Crippen molar-refractivity contribution in [2.75, 3.05) is 24.7 Å². The summed E-state index contributed by atoms with van der Waals surface area (Å²) in [5, 5.41) is 11.1. The Balaban J connectivity index is 1.87. The van der Waals surface area contributed by atoms with Gasteiger partial charge in [-0.25, -0.2) is 9.78 Å². The van der Waals surface area contributed by atoms with Gasteiger partial charge < -0.3 is 23.7 Å². The SMILES string of the molecule is C=CCOC(=O)c1sc(N2C(=O)C(O)=C(C(=O)c3ccc(C)o3)C2c2ccc(OCC)c(OCC)c2)nc1C. The fourth-order valence-electron chi connectivity index (χ4n) is 4.15. The van der Waals surface area contributed by atoms with Crippen LogP contribution in [0.5, 0.6) is 11.5 Å². The van der Waals surface area contributed by atoms with Crippen LogP contribution in [-0.4, -0.2) is 47.6 Å². The lowest BCUT2D eigenvalue weighted by Gasteiger charge is -2.25. The third kappa shape index (κ3) is 5.30. The molecule has 1 N–H and O–H groups in total. The number of aliphatic hydroxyl groups excluding tert-OH is 1. The van der Waals surface area contributed by atoms with E-state index in [1.54, 1.807) is 38.1 Å². The van der Waals surface area contributed by atoms with Gasteiger partial charge in [-0.15, -0.1) is 0 Å². The first-order chi connectivity index (χ1) is 18.7. The largest absolute Gasteiger partial charge is 0.503 e. The topological polar surface area (TPSA) is 128 Å². The van der Waals surface area contributed by atoms with Gasteiger partial charge in [0.25, 0.3) is 5.91 Å². The van der Waals surface area contributed by atoms with Gasteiger partial charge in [-0.1, -0.05) is 30.1 Å². The first kappa shape index (κ1) is 27.6. The number of anilines is 1. The summed E-state index contributed by atoms with van der Waals surface area (Å²) in [7, 11) is 0. The third-order valence-electron chi connectivity index (χ3n) is 5.81. The molecule has 1 aliphatic heterocycles. The number of carbonyl (C=O) groups is 3. The summed E-state index contributed by atoms with van der Waals surface area (Å²) in [4.78, 5) is 45.5. The van der Waals surface area contributed by atoms with Crippen LogP contribution in [0.4, 0.5) is 5.13 Å². The van der Waals surface area contributed by atoms with Crippen LogP contribution in [0, 0.1) is 13.8 Å². The second-order valence-electron chi connectivity index (χ2n) is 8.45. The van der Waals surface area contributed by atoms with Crippen molar-refractivity contribution in [1.82, 2.24) is 4.98 Å². The number of hydrogen-bond acceptors (Lipinski definition) is 10. The fourth-order valence-corrected chi connectivity index (χ4v) is 5.14. The first-order valence-corrected chi connectivity index (χ1v) is 13.1. The predicted molar refractivity (Wildman–Crippen MR) is 144 cm³/mol. The molecule has 3 heterocycles. The molecule has 3 aromatic rings. The molecule has 0 aliphatic carbocycles. The number of aryl methyl sites for hydroxylation is 2. The van der Waals surface area contributed by atoms with E-state index in [-0.39, 0.29) is 27.9 Å². The Morgan fingerprint density at radius 2 is 1.87 bits per heavy atom. The van der Waals surface area contributed by atoms with E-state index in [9.17, 15) is 19.5 Å². The van der Waals surface area contributed by atoms with E-state index in [4.69, 9.17) is 18.6 Å². The lowest BCUT2D eigenvalue weighted by atomic mass is 9.95. The summed E-state index contributed by atoms with van der Waals surface area (Å²) in [6, 6.07) is 6.99. The number of ether oxygens (including phenoxy) is 3. The molecule has 0 saturated heterocycles. The van der Waals surface area contributed by atoms with Crippen LogP contribution in [-0.2, 0) is 9.53 Å². The predicted octanol–water partition coefficient (Wildman–Crippen LogP) is 5.28. The van der Waals surface area contributed by atoms with Crippen molar-refractivity contribution >= 4 is 34.1 Å². The van der Waals surface area contributed by atoms with E-state index >= 15 is 0 Å². The van der Waals surface area contributed by atoms with Gasteiger partial charge in [-0.2, -0.15) is 0 Å². The van der Waals surface area contributed by atoms with Crippen LogP contribution in [0.25, 0.3) is 0 Å². The van der Waals surface area contributed by atoms with Crippen molar-refractivity contribution < 1.29 is 38.1 Å². The van der Waals surface area contributed by atoms with E-state index in [0.29, 0.717) is 41.7 Å². The normalized spacial score (nSPS) is 15.0. The molecule has 0 fully saturated rings. The first-order valence-electron chi connectivity index (χ1n) is 12.2. The molecule has 0 bridgehead atoms. The number of carbonyl (C=O) groups excluding carboxylic acids is 3. The minimum atomic E-state index is -1.10. The molecule has 2 aromatic heterocycles. The number of thiazole rings is 1. The number of amides is 1. The molecule has 1 aromatic carbocycles. The molecule has 1 aliphatic rings. The number of Topliss-reactive ketones (excluding diaryl/α,β-unsaturated/α-hetero) is 1. The van der Waals surface area contributed by atoms with E-state index in [2.05, 4.69) is 11.6 Å². The molecular formula is C28H28N2O8S. The monoisotopic (exact) mass is 552 g/mol. The highest BCUT2D eigenvalue weighted by Gasteiger charge is 2.47. The quantitative estimate of drug-likeness (QED) is 0.192. The van der Waals surface area contributed by atoms with Crippen molar-refractivity contribution in [2.45, 2.75) is 33.7 Å². The standard InChI is InChI=1S/C28H28N2O8S/c1-6-13-37-27(34)25-16(5)29-28(39-25)30-22(17-10-12-18(35-7-2)20(14-17)36-8-3)21(24(32)26(30)33)23(31)19-11-9-15(4)38-19/h6,9-12,14,22,32H,1,7-8,13H2,2-5H3. The molecule has 11 heteroatoms. The zero-order chi connectivity index (χ0) is 28.3. The number of benzene rings is 1. The number of aromatic nitrogens is 1. The van der Waals surface area contributed by atoms with Crippen LogP contribution in [0.1, 0.15) is 57.1 Å². The summed E-state index contributed by atoms with van der Waals surface area (Å²) in [6.07, 6.45) is 1.44. The summed E-state index contributed by atoms with van der Waals surface area (Å²) in [5.41, 5.74) is 0.595. The molecule has 1 atom stereocenters. The highest BCUT2D eigenvalue weighted by atomic mass is 32.1. The lowest BCUT2D eigenvalue weighted by Crippen LogP contribution is -2.31. The van der Waals surface area contributed by atoms with E-state index in [0.717, 1.165) is 11.3 Å². The van der Waals surface area contributed by atoms with Gasteiger partial charge in [0, 0.05) is 0 Å². The molecule has 4 rings (SSSR count). The lowest BCUT2D eigenvalue weighted by molar-refractivity contribution is -0.117. The Bertz CT molecular complexity index is 1470. The molecular weight excluding hydrogens is 524 g/mol. The number of aliphatic hydroxyl groups is 1. The van der Waals surface area contributed by atoms with Crippen LogP contribution >= 0.6 is 11.3 Å². The summed E-state index contributed by atoms with van der Waals surface area (Å²) in [5.74, 6) is -1.53. The van der Waals surface area contributed by atoms with Crippen molar-refractivity contribution in [1.29, 1.82) is 0 Å². The van der Waals surface area contributed by atoms with Crippen molar-refractivity contribution in [3.8, 4) is 11.5 Å². The minimum Gasteiger partial charge on any atom is -0.503 e. The molecule has 39 heavy (non-hydrogen) atoms. The van der Waals surface area contributed by atoms with Crippen LogP contribution in [0.2, 0.25) is 0 Å². The highest BCUT2D eigenvalue weighted by molar-refractivity contribution is 7.17. The molecule has 10 nitrogen and oxygen atoms in total. The van der Waals surface area contributed by atoms with Gasteiger partial charge in [-0.05, 0) is 57.5 Å². The average molecular weight is 553 g/mol. The Labute approximate surface area is 229 Å². The number of esters is 1. The van der Waals surface area contributed by atoms with Gasteiger partial charge in [0.05, 0.1) is 30.5 Å². The second kappa shape index (κ2) is 11.6. The summed E-state index contributed by atoms with van der Waals surface area (Å²) >= 11 is 0.916. The maximum absolute atomic E-state index is 13.6. The number of nitrogens with zero attached hydrogens (tertiary/aromatic N) is 2. The molecule has 1 amide bonds. The van der Waals surface area contributed by atoms with Gasteiger partial charge in [0.1, 0.15) is 17.2 Å². The van der Waals surface area contributed by atoms with Crippen LogP contribution < -0.4 is 14.4 Å². The fraction of sp³-hybridized carbons (Fsp3) is 0.286. The Kier molecular flexibility index (Phi) is 8.20. The minimum absolute atomic E-state index is 0.00667. The van der Waals surface area contributed by atoms with Gasteiger partial charge in [-0.3, -0.25) is 14.5 Å². The molecule has 0 radical (unpaired) electrons. The smallest absolute Gasteiger partial charge is 0.350 e. The van der Waals surface area contributed by atoms with Gasteiger partial charge in [0.2, 0.25) is 5.78 Å². The summed E-state index contributed by atoms with van der Waals surface area (Å²) in [6.45, 7) is 11.2. The Morgan fingerprint density at radius 3 is 2.51 bits per heavy atom. The van der Waals surface area contributed by atoms with Gasteiger partial charge in [0.15, 0.2) is 28.1 Å². The number of rotatable bonds is 11. The van der Waals surface area contributed by atoms with Gasteiger partial charge >= 0.3 is 5.97 Å². The van der Waals surface area contributed by atoms with Crippen molar-refractivity contribution in [3.05, 3.63) is 82.0 Å². The maximum atomic E-state index is 13.6. The van der Waals surface area contributed by atoms with E-state index < -0.39 is 29.5 Å². The van der Waals surface area contributed by atoms with Crippen LogP contribution in [0.3, 0.4) is 0 Å². The zero-order valence-corrected chi connectivity index (χ0v) is 22.8. The van der Waals surface area contributed by atoms with Crippen molar-refractivity contribution in [2.24, 2.45) is 0 Å². The van der Waals surface area contributed by atoms with Crippen molar-refractivity contribution in [3.63, 3.8) is 0 Å². The van der Waals surface area contributed by atoms with Crippen LogP contribution in [0.15, 0.2) is 58.7 Å². The average Bonchev–Trinajstić information content (AvgIpc) is 3.59. The molecule has 0 spiro atoms. The highest BCUT2D eigenvalue weighted by Crippen LogP contribution is 2.45. The number of furan rings is 1. The number of ketones is 1. The Morgan fingerprint density at radius 1 is 1.15 bits per heavy atom. The molecule has 204 valence electrons. The van der Waals surface area contributed by atoms with E-state index in [1.807, 2.05) is 13.8 Å². The third-order valence-corrected chi connectivity index (χ3v) is 6.95. The molecule has 0 saturated carbocycles. The van der Waals surface area contributed by atoms with E-state index in [1.165, 1.54) is 17.0 Å². The Hall–Kier alpha value is -4.38. The number of hydrogen-bond donors (Lipinski definition) is 1. The second-order valence-corrected chi connectivity index (χ2v) is 9.43. The zero-order valence-electron chi connectivity index (χ0n) is 22.0. The maximum Gasteiger partial charge on any atom is 0.350 e.